The molecule has 0 bridgehead atoms. The molecule has 2 rings (SSSR count). The quantitative estimate of drug-likeness (QED) is 0.846. The molecule has 1 fully saturated rings. The SMILES string of the molecule is CC(C)c1[nH]nc(C(=O)N2CCOC(C)(C)C2)c1N. The van der Waals surface area contributed by atoms with Crippen LogP contribution in [0.5, 0.6) is 0 Å². The number of nitrogens with zero attached hydrogens (tertiary/aromatic N) is 2. The van der Waals surface area contributed by atoms with Gasteiger partial charge in [0.2, 0.25) is 0 Å². The van der Waals surface area contributed by atoms with Crippen molar-refractivity contribution in [1.29, 1.82) is 0 Å². The molecule has 3 N–H and O–H groups in total. The molecule has 1 aliphatic heterocycles. The summed E-state index contributed by atoms with van der Waals surface area (Å²) in [5.74, 6) is 0.0900. The third-order valence-electron chi connectivity index (χ3n) is 3.33. The van der Waals surface area contributed by atoms with Crippen LogP contribution in [0.3, 0.4) is 0 Å². The molecule has 1 saturated heterocycles. The van der Waals surface area contributed by atoms with E-state index < -0.39 is 0 Å². The molecule has 0 saturated carbocycles. The number of carbonyl (C=O) groups excluding carboxylic acids is 1. The van der Waals surface area contributed by atoms with Crippen molar-refractivity contribution in [2.45, 2.75) is 39.2 Å². The summed E-state index contributed by atoms with van der Waals surface area (Å²) in [5, 5.41) is 6.94. The first-order valence-corrected chi connectivity index (χ1v) is 6.59. The average molecular weight is 266 g/mol. The van der Waals surface area contributed by atoms with Crippen LogP contribution in [-0.4, -0.2) is 46.3 Å². The Hall–Kier alpha value is -1.56. The predicted molar refractivity (Wildman–Crippen MR) is 73.0 cm³/mol. The molecule has 1 aromatic heterocycles. The Morgan fingerprint density at radius 1 is 1.53 bits per heavy atom. The zero-order chi connectivity index (χ0) is 14.2. The molecule has 0 unspecified atom stereocenters. The van der Waals surface area contributed by atoms with Gasteiger partial charge in [-0.15, -0.1) is 0 Å². The largest absolute Gasteiger partial charge is 0.395 e. The Balaban J connectivity index is 2.20. The van der Waals surface area contributed by atoms with Crippen molar-refractivity contribution in [1.82, 2.24) is 15.1 Å². The first-order chi connectivity index (χ1) is 8.82. The number of hydrogen-bond acceptors (Lipinski definition) is 4. The van der Waals surface area contributed by atoms with Gasteiger partial charge in [-0.05, 0) is 19.8 Å². The molecule has 6 nitrogen and oxygen atoms in total. The van der Waals surface area contributed by atoms with Gasteiger partial charge in [-0.2, -0.15) is 5.10 Å². The Morgan fingerprint density at radius 2 is 2.21 bits per heavy atom. The lowest BCUT2D eigenvalue weighted by Crippen LogP contribution is -2.50. The normalized spacial score (nSPS) is 18.9. The van der Waals surface area contributed by atoms with Gasteiger partial charge in [-0.25, -0.2) is 0 Å². The average Bonchev–Trinajstić information content (AvgIpc) is 2.69. The maximum absolute atomic E-state index is 12.5. The molecule has 0 aliphatic carbocycles. The number of nitrogen functional groups attached to an aromatic ring is 1. The van der Waals surface area contributed by atoms with E-state index in [0.29, 0.717) is 31.1 Å². The second-order valence-corrected chi connectivity index (χ2v) is 5.89. The Labute approximate surface area is 113 Å². The van der Waals surface area contributed by atoms with Crippen molar-refractivity contribution in [2.24, 2.45) is 0 Å². The summed E-state index contributed by atoms with van der Waals surface area (Å²) in [7, 11) is 0. The highest BCUT2D eigenvalue weighted by molar-refractivity contribution is 5.97. The zero-order valence-corrected chi connectivity index (χ0v) is 12.0. The molecule has 106 valence electrons. The van der Waals surface area contributed by atoms with Gasteiger partial charge in [-0.3, -0.25) is 9.89 Å². The minimum Gasteiger partial charge on any atom is -0.395 e. The van der Waals surface area contributed by atoms with E-state index in [-0.39, 0.29) is 17.4 Å². The first-order valence-electron chi connectivity index (χ1n) is 6.59. The number of hydrogen-bond donors (Lipinski definition) is 2. The molecule has 0 spiro atoms. The Bertz CT molecular complexity index is 479. The maximum Gasteiger partial charge on any atom is 0.276 e. The molecule has 19 heavy (non-hydrogen) atoms. The molecule has 1 amide bonds. The number of morpholine rings is 1. The van der Waals surface area contributed by atoms with Crippen LogP contribution in [0.2, 0.25) is 0 Å². The predicted octanol–water partition coefficient (Wildman–Crippen LogP) is 1.37. The molecule has 0 atom stereocenters. The summed E-state index contributed by atoms with van der Waals surface area (Å²) >= 11 is 0. The van der Waals surface area contributed by atoms with E-state index in [0.717, 1.165) is 5.69 Å². The highest BCUT2D eigenvalue weighted by Crippen LogP contribution is 2.25. The number of anilines is 1. The van der Waals surface area contributed by atoms with Gasteiger partial charge in [0.25, 0.3) is 5.91 Å². The van der Waals surface area contributed by atoms with Gasteiger partial charge < -0.3 is 15.4 Å². The number of H-pyrrole nitrogens is 1. The summed E-state index contributed by atoms with van der Waals surface area (Å²) in [6.45, 7) is 9.63. The fourth-order valence-corrected chi connectivity index (χ4v) is 2.31. The van der Waals surface area contributed by atoms with Gasteiger partial charge >= 0.3 is 0 Å². The van der Waals surface area contributed by atoms with Crippen molar-refractivity contribution in [3.8, 4) is 0 Å². The fourth-order valence-electron chi connectivity index (χ4n) is 2.31. The van der Waals surface area contributed by atoms with Crippen molar-refractivity contribution in [3.63, 3.8) is 0 Å². The van der Waals surface area contributed by atoms with Crippen LogP contribution in [0.4, 0.5) is 5.69 Å². The number of nitrogens with one attached hydrogen (secondary N) is 1. The molecule has 1 aliphatic rings. The van der Waals surface area contributed by atoms with Crippen LogP contribution < -0.4 is 5.73 Å². The summed E-state index contributed by atoms with van der Waals surface area (Å²) < 4.78 is 5.60. The van der Waals surface area contributed by atoms with Gasteiger partial charge in [0.1, 0.15) is 0 Å². The second-order valence-electron chi connectivity index (χ2n) is 5.89. The number of rotatable bonds is 2. The highest BCUT2D eigenvalue weighted by Gasteiger charge is 2.32. The first kappa shape index (κ1) is 13.9. The van der Waals surface area contributed by atoms with E-state index in [9.17, 15) is 4.79 Å². The van der Waals surface area contributed by atoms with E-state index in [1.54, 1.807) is 4.90 Å². The monoisotopic (exact) mass is 266 g/mol. The lowest BCUT2D eigenvalue weighted by Gasteiger charge is -2.37. The summed E-state index contributed by atoms with van der Waals surface area (Å²) in [6.07, 6.45) is 0. The third kappa shape index (κ3) is 2.73. The summed E-state index contributed by atoms with van der Waals surface area (Å²) in [5.41, 5.74) is 7.29. The van der Waals surface area contributed by atoms with Crippen LogP contribution in [0, 0.1) is 0 Å². The number of ether oxygens (including phenoxy) is 1. The number of amides is 1. The van der Waals surface area contributed by atoms with Crippen LogP contribution in [0.15, 0.2) is 0 Å². The number of aromatic nitrogens is 2. The molecule has 0 aromatic carbocycles. The standard InChI is InChI=1S/C13H22N4O2/c1-8(2)10-9(14)11(16-15-10)12(18)17-5-6-19-13(3,4)7-17/h8H,5-7,14H2,1-4H3,(H,15,16). The topological polar surface area (TPSA) is 84.2 Å². The summed E-state index contributed by atoms with van der Waals surface area (Å²) in [6, 6.07) is 0. The van der Waals surface area contributed by atoms with Crippen LogP contribution in [0.25, 0.3) is 0 Å². The Kier molecular flexibility index (Phi) is 3.54. The lowest BCUT2D eigenvalue weighted by atomic mass is 10.1. The molecule has 2 heterocycles. The van der Waals surface area contributed by atoms with E-state index in [2.05, 4.69) is 10.2 Å². The Morgan fingerprint density at radius 3 is 2.74 bits per heavy atom. The molecule has 1 aromatic rings. The zero-order valence-electron chi connectivity index (χ0n) is 12.0. The van der Waals surface area contributed by atoms with E-state index in [4.69, 9.17) is 10.5 Å². The number of aromatic amines is 1. The second kappa shape index (κ2) is 4.85. The third-order valence-corrected chi connectivity index (χ3v) is 3.33. The van der Waals surface area contributed by atoms with Crippen molar-refractivity contribution in [2.75, 3.05) is 25.4 Å². The van der Waals surface area contributed by atoms with Crippen LogP contribution in [0.1, 0.15) is 49.8 Å². The van der Waals surface area contributed by atoms with Crippen LogP contribution >= 0.6 is 0 Å². The maximum atomic E-state index is 12.5. The van der Waals surface area contributed by atoms with E-state index in [1.807, 2.05) is 27.7 Å². The van der Waals surface area contributed by atoms with Crippen molar-refractivity contribution >= 4 is 11.6 Å². The summed E-state index contributed by atoms with van der Waals surface area (Å²) in [4.78, 5) is 14.2. The highest BCUT2D eigenvalue weighted by atomic mass is 16.5. The van der Waals surface area contributed by atoms with Crippen LogP contribution in [-0.2, 0) is 4.74 Å². The molecule has 0 radical (unpaired) electrons. The molecular formula is C13H22N4O2. The smallest absolute Gasteiger partial charge is 0.276 e. The molecular weight excluding hydrogens is 244 g/mol. The van der Waals surface area contributed by atoms with Gasteiger partial charge in [0.15, 0.2) is 5.69 Å². The number of nitrogens with two attached hydrogens (primary N) is 1. The van der Waals surface area contributed by atoms with Crippen molar-refractivity contribution in [3.05, 3.63) is 11.4 Å². The fraction of sp³-hybridized carbons (Fsp3) is 0.692. The lowest BCUT2D eigenvalue weighted by molar-refractivity contribution is -0.0764. The van der Waals surface area contributed by atoms with Gasteiger partial charge in [0, 0.05) is 13.1 Å². The minimum absolute atomic E-state index is 0.128. The van der Waals surface area contributed by atoms with Crippen molar-refractivity contribution < 1.29 is 9.53 Å². The minimum atomic E-state index is -0.320. The van der Waals surface area contributed by atoms with Gasteiger partial charge in [0.05, 0.1) is 23.6 Å². The molecule has 6 heteroatoms. The van der Waals surface area contributed by atoms with E-state index in [1.165, 1.54) is 0 Å². The van der Waals surface area contributed by atoms with E-state index >= 15 is 0 Å². The number of carbonyl (C=O) groups is 1. The van der Waals surface area contributed by atoms with Gasteiger partial charge in [-0.1, -0.05) is 13.8 Å².